The lowest BCUT2D eigenvalue weighted by molar-refractivity contribution is 0.289. The Morgan fingerprint density at radius 1 is 1.33 bits per heavy atom. The molecule has 1 aromatic rings. The molecule has 2 nitrogen and oxygen atoms in total. The Bertz CT molecular complexity index is 359. The fourth-order valence-electron chi connectivity index (χ4n) is 1.46. The van der Waals surface area contributed by atoms with E-state index in [1.165, 1.54) is 5.56 Å². The average Bonchev–Trinajstić information content (AvgIpc) is 2.30. The van der Waals surface area contributed by atoms with Gasteiger partial charge in [-0.15, -0.1) is 0 Å². The molecule has 0 saturated carbocycles. The number of benzene rings is 1. The molecule has 0 radical (unpaired) electrons. The van der Waals surface area contributed by atoms with Crippen LogP contribution in [0.5, 0.6) is 5.75 Å². The van der Waals surface area contributed by atoms with Crippen LogP contribution in [0, 0.1) is 5.92 Å². The fraction of sp³-hybridized carbons (Fsp3) is 0.467. The molecule has 100 valence electrons. The maximum atomic E-state index is 5.67. The number of rotatable bonds is 8. The molecule has 0 unspecified atom stereocenters. The van der Waals surface area contributed by atoms with E-state index in [9.17, 15) is 0 Å². The van der Waals surface area contributed by atoms with Gasteiger partial charge in [0.25, 0.3) is 0 Å². The van der Waals surface area contributed by atoms with Crippen LogP contribution in [0.2, 0.25) is 0 Å². The molecule has 1 N–H and O–H groups in total. The smallest absolute Gasteiger partial charge is 0.119 e. The Morgan fingerprint density at radius 3 is 2.56 bits per heavy atom. The highest BCUT2D eigenvalue weighted by Crippen LogP contribution is 2.13. The molecule has 1 aromatic carbocycles. The SMILES string of the molecule is C=C(Br)CNCc1ccc(OCCC(C)C)cc1. The molecule has 0 spiro atoms. The molecular formula is C15H22BrNO. The van der Waals surface area contributed by atoms with E-state index in [-0.39, 0.29) is 0 Å². The van der Waals surface area contributed by atoms with Gasteiger partial charge in [-0.2, -0.15) is 0 Å². The third-order valence-electron chi connectivity index (χ3n) is 2.53. The Labute approximate surface area is 119 Å². The van der Waals surface area contributed by atoms with Crippen molar-refractivity contribution >= 4 is 15.9 Å². The molecule has 3 heteroatoms. The third-order valence-corrected chi connectivity index (χ3v) is 2.81. The zero-order valence-electron chi connectivity index (χ0n) is 11.2. The second-order valence-electron chi connectivity index (χ2n) is 4.80. The summed E-state index contributed by atoms with van der Waals surface area (Å²) in [7, 11) is 0. The molecule has 0 heterocycles. The number of nitrogens with one attached hydrogen (secondary N) is 1. The third kappa shape index (κ3) is 6.82. The van der Waals surface area contributed by atoms with Gasteiger partial charge in [0.15, 0.2) is 0 Å². The molecule has 0 fully saturated rings. The molecule has 0 aliphatic heterocycles. The van der Waals surface area contributed by atoms with Crippen molar-refractivity contribution in [3.63, 3.8) is 0 Å². The van der Waals surface area contributed by atoms with Gasteiger partial charge >= 0.3 is 0 Å². The van der Waals surface area contributed by atoms with Crippen molar-refractivity contribution in [1.82, 2.24) is 5.32 Å². The van der Waals surface area contributed by atoms with Crippen LogP contribution in [0.4, 0.5) is 0 Å². The minimum absolute atomic E-state index is 0.686. The van der Waals surface area contributed by atoms with Crippen LogP contribution in [0.25, 0.3) is 0 Å². The molecule has 0 aliphatic carbocycles. The number of hydrogen-bond donors (Lipinski definition) is 1. The van der Waals surface area contributed by atoms with Gasteiger partial charge < -0.3 is 10.1 Å². The first kappa shape index (κ1) is 15.3. The Kier molecular flexibility index (Phi) is 7.06. The molecular weight excluding hydrogens is 290 g/mol. The second-order valence-corrected chi connectivity index (χ2v) is 5.92. The maximum absolute atomic E-state index is 5.67. The highest BCUT2D eigenvalue weighted by molar-refractivity contribution is 9.11. The summed E-state index contributed by atoms with van der Waals surface area (Å²) in [6, 6.07) is 8.24. The first-order valence-corrected chi connectivity index (χ1v) is 7.13. The van der Waals surface area contributed by atoms with Gasteiger partial charge in [0, 0.05) is 17.6 Å². The van der Waals surface area contributed by atoms with Crippen molar-refractivity contribution in [2.75, 3.05) is 13.2 Å². The van der Waals surface area contributed by atoms with E-state index in [0.717, 1.165) is 36.3 Å². The van der Waals surface area contributed by atoms with E-state index in [4.69, 9.17) is 4.74 Å². The van der Waals surface area contributed by atoms with Crippen LogP contribution in [-0.2, 0) is 6.54 Å². The predicted octanol–water partition coefficient (Wildman–Crippen LogP) is 4.11. The molecule has 0 aromatic heterocycles. The summed E-state index contributed by atoms with van der Waals surface area (Å²) in [6.07, 6.45) is 1.09. The van der Waals surface area contributed by atoms with Crippen LogP contribution in [0.3, 0.4) is 0 Å². The topological polar surface area (TPSA) is 21.3 Å². The number of hydrogen-bond acceptors (Lipinski definition) is 2. The average molecular weight is 312 g/mol. The van der Waals surface area contributed by atoms with Crippen molar-refractivity contribution < 1.29 is 4.74 Å². The van der Waals surface area contributed by atoms with E-state index < -0.39 is 0 Å². The Morgan fingerprint density at radius 2 is 2.00 bits per heavy atom. The zero-order valence-corrected chi connectivity index (χ0v) is 12.8. The second kappa shape index (κ2) is 8.33. The van der Waals surface area contributed by atoms with Crippen LogP contribution in [0.15, 0.2) is 35.3 Å². The summed E-state index contributed by atoms with van der Waals surface area (Å²) in [4.78, 5) is 0. The summed E-state index contributed by atoms with van der Waals surface area (Å²) >= 11 is 3.32. The van der Waals surface area contributed by atoms with Crippen molar-refractivity contribution in [3.8, 4) is 5.75 Å². The monoisotopic (exact) mass is 311 g/mol. The van der Waals surface area contributed by atoms with Gasteiger partial charge in [-0.25, -0.2) is 0 Å². The summed E-state index contributed by atoms with van der Waals surface area (Å²) < 4.78 is 6.64. The normalized spacial score (nSPS) is 10.7. The quantitative estimate of drug-likeness (QED) is 0.780. The fourth-order valence-corrected chi connectivity index (χ4v) is 1.66. The van der Waals surface area contributed by atoms with Crippen molar-refractivity contribution in [3.05, 3.63) is 40.9 Å². The van der Waals surface area contributed by atoms with E-state index in [1.54, 1.807) is 0 Å². The molecule has 1 rings (SSSR count). The minimum Gasteiger partial charge on any atom is -0.494 e. The largest absolute Gasteiger partial charge is 0.494 e. The molecule has 0 amide bonds. The van der Waals surface area contributed by atoms with Crippen molar-refractivity contribution in [2.45, 2.75) is 26.8 Å². The summed E-state index contributed by atoms with van der Waals surface area (Å²) in [6.45, 7) is 10.6. The van der Waals surface area contributed by atoms with Crippen molar-refractivity contribution in [2.24, 2.45) is 5.92 Å². The van der Waals surface area contributed by atoms with Crippen LogP contribution < -0.4 is 10.1 Å². The van der Waals surface area contributed by atoms with E-state index in [1.807, 2.05) is 12.1 Å². The van der Waals surface area contributed by atoms with Gasteiger partial charge in [0.2, 0.25) is 0 Å². The summed E-state index contributed by atoms with van der Waals surface area (Å²) in [5.74, 6) is 1.63. The molecule has 0 atom stereocenters. The van der Waals surface area contributed by atoms with Gasteiger partial charge in [-0.3, -0.25) is 0 Å². The molecule has 18 heavy (non-hydrogen) atoms. The maximum Gasteiger partial charge on any atom is 0.119 e. The zero-order chi connectivity index (χ0) is 13.4. The first-order valence-electron chi connectivity index (χ1n) is 6.33. The minimum atomic E-state index is 0.686. The molecule has 0 bridgehead atoms. The van der Waals surface area contributed by atoms with Crippen LogP contribution >= 0.6 is 15.9 Å². The van der Waals surface area contributed by atoms with Crippen molar-refractivity contribution in [1.29, 1.82) is 0 Å². The van der Waals surface area contributed by atoms with Gasteiger partial charge in [0.1, 0.15) is 5.75 Å². The van der Waals surface area contributed by atoms with Gasteiger partial charge in [0.05, 0.1) is 6.61 Å². The van der Waals surface area contributed by atoms with E-state index in [2.05, 4.69) is 53.8 Å². The molecule has 0 saturated heterocycles. The first-order chi connectivity index (χ1) is 8.58. The van der Waals surface area contributed by atoms with E-state index >= 15 is 0 Å². The lowest BCUT2D eigenvalue weighted by Crippen LogP contribution is -2.14. The summed E-state index contributed by atoms with van der Waals surface area (Å²) in [5, 5.41) is 3.29. The summed E-state index contributed by atoms with van der Waals surface area (Å²) in [5.41, 5.74) is 1.25. The van der Waals surface area contributed by atoms with Gasteiger partial charge in [-0.05, 0) is 30.0 Å². The van der Waals surface area contributed by atoms with E-state index in [0.29, 0.717) is 5.92 Å². The highest BCUT2D eigenvalue weighted by Gasteiger charge is 1.98. The highest BCUT2D eigenvalue weighted by atomic mass is 79.9. The Hall–Kier alpha value is -0.800. The van der Waals surface area contributed by atoms with Gasteiger partial charge in [-0.1, -0.05) is 48.5 Å². The lowest BCUT2D eigenvalue weighted by atomic mass is 10.1. The molecule has 0 aliphatic rings. The lowest BCUT2D eigenvalue weighted by Gasteiger charge is -2.09. The standard InChI is InChI=1S/C15H22BrNO/c1-12(2)8-9-18-15-6-4-14(5-7-15)11-17-10-13(3)16/h4-7,12,17H,3,8-11H2,1-2H3. The van der Waals surface area contributed by atoms with Crippen LogP contribution in [0.1, 0.15) is 25.8 Å². The van der Waals surface area contributed by atoms with Crippen LogP contribution in [-0.4, -0.2) is 13.2 Å². The Balaban J connectivity index is 2.31. The number of halogens is 1. The number of ether oxygens (including phenoxy) is 1. The predicted molar refractivity (Wildman–Crippen MR) is 81.2 cm³/mol.